The van der Waals surface area contributed by atoms with Crippen LogP contribution >= 0.6 is 0 Å². The number of carbonyl (C=O) groups excluding carboxylic acids is 1. The van der Waals surface area contributed by atoms with Gasteiger partial charge in [0.1, 0.15) is 5.82 Å². The molecule has 3 aliphatic rings. The van der Waals surface area contributed by atoms with Crippen LogP contribution in [0.4, 0.5) is 5.82 Å². The van der Waals surface area contributed by atoms with Crippen molar-refractivity contribution >= 4 is 12.2 Å². The van der Waals surface area contributed by atoms with E-state index in [1.807, 2.05) is 24.4 Å². The maximum Gasteiger partial charge on any atom is 0.354 e. The number of amides is 1. The normalized spacial score (nSPS) is 23.1. The molecule has 4 N–H and O–H groups in total. The molecule has 2 aromatic rings. The van der Waals surface area contributed by atoms with Gasteiger partial charge in [0.2, 0.25) is 6.41 Å². The zero-order chi connectivity index (χ0) is 21.8. The van der Waals surface area contributed by atoms with Gasteiger partial charge in [-0.15, -0.1) is 0 Å². The van der Waals surface area contributed by atoms with Crippen LogP contribution in [-0.2, 0) is 11.3 Å². The number of hydrogen-bond donors (Lipinski definition) is 2. The number of carbonyl (C=O) groups is 1. The first-order chi connectivity index (χ1) is 15.1. The fourth-order valence-electron chi connectivity index (χ4n) is 4.81. The van der Waals surface area contributed by atoms with E-state index in [0.29, 0.717) is 5.92 Å². The summed E-state index contributed by atoms with van der Waals surface area (Å²) in [6.45, 7) is 6.10. The number of benzene rings is 1. The number of hydrogen-bond acceptors (Lipinski definition) is 6. The van der Waals surface area contributed by atoms with Crippen molar-refractivity contribution < 1.29 is 4.79 Å². The molecule has 8 heteroatoms. The lowest BCUT2D eigenvalue weighted by Gasteiger charge is -2.32. The highest BCUT2D eigenvalue weighted by Gasteiger charge is 2.44. The molecule has 1 saturated carbocycles. The third kappa shape index (κ3) is 5.14. The molecule has 166 valence electrons. The number of primary amides is 1. The summed E-state index contributed by atoms with van der Waals surface area (Å²) >= 11 is 0. The molecule has 2 saturated heterocycles. The van der Waals surface area contributed by atoms with E-state index in [4.69, 9.17) is 10.5 Å². The van der Waals surface area contributed by atoms with Crippen LogP contribution in [0.2, 0.25) is 0 Å². The van der Waals surface area contributed by atoms with Crippen LogP contribution < -0.4 is 22.1 Å². The van der Waals surface area contributed by atoms with E-state index in [9.17, 15) is 4.79 Å². The topological polar surface area (TPSA) is 110 Å². The number of nitrogens with zero attached hydrogens (tertiary/aromatic N) is 4. The van der Waals surface area contributed by atoms with Crippen LogP contribution in [0.15, 0.2) is 41.3 Å². The molecular formula is C23H32N6O2. The van der Waals surface area contributed by atoms with Crippen LogP contribution in [0.25, 0.3) is 5.69 Å². The Morgan fingerprint density at radius 2 is 1.71 bits per heavy atom. The first-order valence-corrected chi connectivity index (χ1v) is 11.1. The SMILES string of the molecule is NC=O.NCC1CCN(c2ccn(-c3ccc(CN4CC5CC5C4)cc3)c(=O)n2)CC1. The maximum atomic E-state index is 12.6. The molecule has 3 heterocycles. The second-order valence-corrected chi connectivity index (χ2v) is 8.86. The highest BCUT2D eigenvalue weighted by molar-refractivity contribution is 5.42. The third-order valence-corrected chi connectivity index (χ3v) is 6.74. The first kappa shape index (κ1) is 21.5. The molecule has 2 aliphatic heterocycles. The minimum atomic E-state index is -0.217. The summed E-state index contributed by atoms with van der Waals surface area (Å²) in [6, 6.07) is 10.3. The number of rotatable bonds is 5. The van der Waals surface area contributed by atoms with E-state index < -0.39 is 0 Å². The molecule has 2 atom stereocenters. The predicted octanol–water partition coefficient (Wildman–Crippen LogP) is 0.961. The van der Waals surface area contributed by atoms with E-state index >= 15 is 0 Å². The molecule has 0 radical (unpaired) electrons. The van der Waals surface area contributed by atoms with Crippen LogP contribution in [0, 0.1) is 17.8 Å². The Balaban J connectivity index is 0.000000730. The highest BCUT2D eigenvalue weighted by atomic mass is 16.1. The average Bonchev–Trinajstić information content (AvgIpc) is 3.40. The monoisotopic (exact) mass is 424 g/mol. The summed E-state index contributed by atoms with van der Waals surface area (Å²) in [5, 5.41) is 0. The second kappa shape index (κ2) is 9.62. The quantitative estimate of drug-likeness (QED) is 0.692. The molecule has 3 fully saturated rings. The Labute approximate surface area is 182 Å². The van der Waals surface area contributed by atoms with Crippen molar-refractivity contribution in [3.8, 4) is 5.69 Å². The zero-order valence-corrected chi connectivity index (χ0v) is 17.9. The molecule has 1 amide bonds. The molecule has 5 rings (SSSR count). The molecule has 31 heavy (non-hydrogen) atoms. The molecular weight excluding hydrogens is 392 g/mol. The van der Waals surface area contributed by atoms with E-state index in [2.05, 4.69) is 32.7 Å². The van der Waals surface area contributed by atoms with Crippen molar-refractivity contribution in [3.63, 3.8) is 0 Å². The summed E-state index contributed by atoms with van der Waals surface area (Å²) < 4.78 is 1.63. The molecule has 8 nitrogen and oxygen atoms in total. The Kier molecular flexibility index (Phi) is 6.67. The summed E-state index contributed by atoms with van der Waals surface area (Å²) in [4.78, 5) is 30.3. The standard InChI is InChI=1S/C22H29N5O.CH3NO/c23-12-16-5-8-26(9-6-16)21-7-10-27(22(28)24-21)20-3-1-17(2-4-20)13-25-14-18-11-19(18)15-25;2-1-3/h1-4,7,10,16,18-19H,5-6,8-9,11-15,23H2;1H,(H2,2,3). The fourth-order valence-corrected chi connectivity index (χ4v) is 4.81. The highest BCUT2D eigenvalue weighted by Crippen LogP contribution is 2.45. The number of anilines is 1. The minimum Gasteiger partial charge on any atom is -0.372 e. The van der Waals surface area contributed by atoms with Crippen molar-refractivity contribution in [2.45, 2.75) is 25.8 Å². The molecule has 1 aromatic carbocycles. The minimum absolute atomic E-state index is 0.217. The van der Waals surface area contributed by atoms with E-state index in [1.165, 1.54) is 25.1 Å². The van der Waals surface area contributed by atoms with Gasteiger partial charge in [0.25, 0.3) is 0 Å². The molecule has 1 aliphatic carbocycles. The predicted molar refractivity (Wildman–Crippen MR) is 121 cm³/mol. The summed E-state index contributed by atoms with van der Waals surface area (Å²) in [5.41, 5.74) is 11.9. The number of piperidine rings is 2. The van der Waals surface area contributed by atoms with Gasteiger partial charge in [0, 0.05) is 38.9 Å². The lowest BCUT2D eigenvalue weighted by Crippen LogP contribution is -2.37. The van der Waals surface area contributed by atoms with Gasteiger partial charge in [-0.1, -0.05) is 12.1 Å². The van der Waals surface area contributed by atoms with Crippen LogP contribution in [0.1, 0.15) is 24.8 Å². The lowest BCUT2D eigenvalue weighted by molar-refractivity contribution is -0.106. The number of aromatic nitrogens is 2. The van der Waals surface area contributed by atoms with Crippen LogP contribution in [0.3, 0.4) is 0 Å². The molecule has 1 aromatic heterocycles. The Hall–Kier alpha value is -2.71. The third-order valence-electron chi connectivity index (χ3n) is 6.74. The van der Waals surface area contributed by atoms with Crippen molar-refractivity contribution in [2.24, 2.45) is 29.2 Å². The number of nitrogens with two attached hydrogens (primary N) is 2. The van der Waals surface area contributed by atoms with Crippen molar-refractivity contribution in [1.82, 2.24) is 14.5 Å². The Morgan fingerprint density at radius 1 is 1.06 bits per heavy atom. The molecule has 2 unspecified atom stereocenters. The van der Waals surface area contributed by atoms with E-state index in [0.717, 1.165) is 62.4 Å². The Bertz CT molecular complexity index is 926. The van der Waals surface area contributed by atoms with Gasteiger partial charge in [-0.2, -0.15) is 4.98 Å². The van der Waals surface area contributed by atoms with Crippen LogP contribution in [-0.4, -0.2) is 53.6 Å². The number of likely N-dealkylation sites (tertiary alicyclic amines) is 1. The summed E-state index contributed by atoms with van der Waals surface area (Å²) in [5.74, 6) is 3.30. The van der Waals surface area contributed by atoms with Crippen LogP contribution in [0.5, 0.6) is 0 Å². The van der Waals surface area contributed by atoms with Gasteiger partial charge >= 0.3 is 5.69 Å². The van der Waals surface area contributed by atoms with Gasteiger partial charge < -0.3 is 16.4 Å². The van der Waals surface area contributed by atoms with Gasteiger partial charge in [0.15, 0.2) is 0 Å². The maximum absolute atomic E-state index is 12.6. The van der Waals surface area contributed by atoms with Crippen molar-refractivity contribution in [1.29, 1.82) is 0 Å². The van der Waals surface area contributed by atoms with E-state index in [1.54, 1.807) is 4.57 Å². The lowest BCUT2D eigenvalue weighted by atomic mass is 9.97. The van der Waals surface area contributed by atoms with Gasteiger partial charge in [-0.25, -0.2) is 4.79 Å². The molecule has 0 spiro atoms. The smallest absolute Gasteiger partial charge is 0.354 e. The van der Waals surface area contributed by atoms with Gasteiger partial charge in [-0.05, 0) is 67.3 Å². The second-order valence-electron chi connectivity index (χ2n) is 8.86. The Morgan fingerprint density at radius 3 is 2.29 bits per heavy atom. The van der Waals surface area contributed by atoms with Gasteiger partial charge in [0.05, 0.1) is 5.69 Å². The summed E-state index contributed by atoms with van der Waals surface area (Å²) in [6.07, 6.45) is 5.68. The summed E-state index contributed by atoms with van der Waals surface area (Å²) in [7, 11) is 0. The first-order valence-electron chi connectivity index (χ1n) is 11.1. The molecule has 0 bridgehead atoms. The largest absolute Gasteiger partial charge is 0.372 e. The van der Waals surface area contributed by atoms with Crippen molar-refractivity contribution in [2.75, 3.05) is 37.6 Å². The van der Waals surface area contributed by atoms with E-state index in [-0.39, 0.29) is 12.1 Å². The zero-order valence-electron chi connectivity index (χ0n) is 17.9. The number of fused-ring (bicyclic) bond motifs is 1. The average molecular weight is 425 g/mol. The van der Waals surface area contributed by atoms with Crippen molar-refractivity contribution in [3.05, 3.63) is 52.6 Å². The fraction of sp³-hybridized carbons (Fsp3) is 0.522. The van der Waals surface area contributed by atoms with Gasteiger partial charge in [-0.3, -0.25) is 14.3 Å².